The molecule has 0 unspecified atom stereocenters. The fraction of sp³-hybridized carbons (Fsp3) is 0.304. The highest BCUT2D eigenvalue weighted by molar-refractivity contribution is 5.69. The van der Waals surface area contributed by atoms with Crippen LogP contribution in [0.5, 0.6) is 0 Å². The second-order valence-electron chi connectivity index (χ2n) is 7.54. The second kappa shape index (κ2) is 7.00. The van der Waals surface area contributed by atoms with Gasteiger partial charge in [0.2, 0.25) is 0 Å². The van der Waals surface area contributed by atoms with Crippen LogP contribution in [-0.2, 0) is 5.54 Å². The number of benzene rings is 2. The molecule has 2 aromatic carbocycles. The highest BCUT2D eigenvalue weighted by Gasteiger charge is 2.30. The molecule has 1 aromatic heterocycles. The maximum atomic E-state index is 4.09. The summed E-state index contributed by atoms with van der Waals surface area (Å²) in [6.07, 6.45) is 7.89. The summed E-state index contributed by atoms with van der Waals surface area (Å²) in [7, 11) is 0. The molecule has 0 spiro atoms. The minimum atomic E-state index is 0.103. The van der Waals surface area contributed by atoms with E-state index >= 15 is 0 Å². The number of hydrogen-bond acceptors (Lipinski definition) is 3. The van der Waals surface area contributed by atoms with E-state index in [0.717, 1.165) is 11.1 Å². The summed E-state index contributed by atoms with van der Waals surface area (Å²) in [5.74, 6) is 0. The molecule has 2 heterocycles. The third-order valence-electron chi connectivity index (χ3n) is 5.60. The maximum absolute atomic E-state index is 4.09. The van der Waals surface area contributed by atoms with Gasteiger partial charge in [-0.3, -0.25) is 4.90 Å². The zero-order valence-corrected chi connectivity index (χ0v) is 15.5. The van der Waals surface area contributed by atoms with Crippen molar-refractivity contribution in [2.45, 2.75) is 32.2 Å². The molecule has 1 fully saturated rings. The molecule has 0 aliphatic carbocycles. The molecule has 4 rings (SSSR count). The van der Waals surface area contributed by atoms with Crippen LogP contribution in [0.15, 0.2) is 67.3 Å². The lowest BCUT2D eigenvalue weighted by molar-refractivity contribution is 0.155. The van der Waals surface area contributed by atoms with Crippen LogP contribution >= 0.6 is 0 Å². The van der Waals surface area contributed by atoms with E-state index in [2.05, 4.69) is 77.2 Å². The second-order valence-corrected chi connectivity index (χ2v) is 7.54. The van der Waals surface area contributed by atoms with E-state index in [0.29, 0.717) is 0 Å². The Morgan fingerprint density at radius 1 is 0.692 bits per heavy atom. The van der Waals surface area contributed by atoms with Gasteiger partial charge in [-0.25, -0.2) is 9.97 Å². The molecule has 26 heavy (non-hydrogen) atoms. The zero-order valence-electron chi connectivity index (χ0n) is 15.5. The maximum Gasteiger partial charge on any atom is 0.115 e. The molecule has 0 bridgehead atoms. The summed E-state index contributed by atoms with van der Waals surface area (Å²) in [5.41, 5.74) is 6.16. The first-order valence-electron chi connectivity index (χ1n) is 9.36. The van der Waals surface area contributed by atoms with Crippen LogP contribution in [0.1, 0.15) is 32.3 Å². The minimum absolute atomic E-state index is 0.103. The largest absolute Gasteiger partial charge is 0.294 e. The van der Waals surface area contributed by atoms with E-state index in [1.54, 1.807) is 6.33 Å². The molecule has 0 amide bonds. The van der Waals surface area contributed by atoms with Crippen molar-refractivity contribution in [1.82, 2.24) is 14.9 Å². The van der Waals surface area contributed by atoms with Gasteiger partial charge in [0.1, 0.15) is 6.33 Å². The van der Waals surface area contributed by atoms with Crippen LogP contribution in [0.4, 0.5) is 0 Å². The van der Waals surface area contributed by atoms with E-state index in [-0.39, 0.29) is 5.54 Å². The van der Waals surface area contributed by atoms with Crippen molar-refractivity contribution in [2.24, 2.45) is 0 Å². The van der Waals surface area contributed by atoms with Crippen molar-refractivity contribution in [3.8, 4) is 22.3 Å². The van der Waals surface area contributed by atoms with Gasteiger partial charge in [0.05, 0.1) is 0 Å². The van der Waals surface area contributed by atoms with Crippen LogP contribution in [-0.4, -0.2) is 28.0 Å². The van der Waals surface area contributed by atoms with Gasteiger partial charge in [0.15, 0.2) is 0 Å². The molecule has 3 aromatic rings. The van der Waals surface area contributed by atoms with E-state index in [1.165, 1.54) is 42.6 Å². The summed E-state index contributed by atoms with van der Waals surface area (Å²) in [4.78, 5) is 10.8. The number of aromatic nitrogens is 2. The predicted octanol–water partition coefficient (Wildman–Crippen LogP) is 5.14. The normalized spacial score (nSPS) is 15.3. The van der Waals surface area contributed by atoms with Crippen LogP contribution in [0.2, 0.25) is 0 Å². The number of nitrogens with zero attached hydrogens (tertiary/aromatic N) is 3. The highest BCUT2D eigenvalue weighted by Crippen LogP contribution is 2.32. The van der Waals surface area contributed by atoms with Gasteiger partial charge in [-0.1, -0.05) is 48.5 Å². The summed E-state index contributed by atoms with van der Waals surface area (Å²) < 4.78 is 0. The molecule has 3 heteroatoms. The molecule has 132 valence electrons. The van der Waals surface area contributed by atoms with Crippen LogP contribution in [0.3, 0.4) is 0 Å². The van der Waals surface area contributed by atoms with Gasteiger partial charge in [-0.15, -0.1) is 0 Å². The fourth-order valence-corrected chi connectivity index (χ4v) is 3.83. The highest BCUT2D eigenvalue weighted by atomic mass is 15.2. The Bertz CT molecular complexity index is 846. The number of likely N-dealkylation sites (tertiary alicyclic amines) is 1. The zero-order chi connectivity index (χ0) is 18.0. The Kier molecular flexibility index (Phi) is 4.56. The van der Waals surface area contributed by atoms with Crippen molar-refractivity contribution >= 4 is 0 Å². The quantitative estimate of drug-likeness (QED) is 0.657. The predicted molar refractivity (Wildman–Crippen MR) is 107 cm³/mol. The first-order valence-corrected chi connectivity index (χ1v) is 9.36. The summed E-state index contributed by atoms with van der Waals surface area (Å²) in [6.45, 7) is 7.09. The lowest BCUT2D eigenvalue weighted by Crippen LogP contribution is -2.39. The standard InChI is InChI=1S/C23H25N3/c1-23(2,26-13-3-4-14-26)22-11-9-19(10-12-22)18-5-7-20(8-6-18)21-15-24-17-25-16-21/h5-12,15-17H,3-4,13-14H2,1-2H3. The first-order chi connectivity index (χ1) is 12.6. The topological polar surface area (TPSA) is 29.0 Å². The van der Waals surface area contributed by atoms with Crippen molar-refractivity contribution in [2.75, 3.05) is 13.1 Å². The minimum Gasteiger partial charge on any atom is -0.294 e. The van der Waals surface area contributed by atoms with Crippen molar-refractivity contribution in [1.29, 1.82) is 0 Å². The van der Waals surface area contributed by atoms with Gasteiger partial charge in [-0.2, -0.15) is 0 Å². The third-order valence-corrected chi connectivity index (χ3v) is 5.60. The van der Waals surface area contributed by atoms with Gasteiger partial charge in [-0.05, 0) is 62.0 Å². The van der Waals surface area contributed by atoms with E-state index in [9.17, 15) is 0 Å². The van der Waals surface area contributed by atoms with Gasteiger partial charge < -0.3 is 0 Å². The third kappa shape index (κ3) is 3.27. The monoisotopic (exact) mass is 343 g/mol. The Balaban J connectivity index is 1.55. The summed E-state index contributed by atoms with van der Waals surface area (Å²) >= 11 is 0. The van der Waals surface area contributed by atoms with Crippen molar-refractivity contribution < 1.29 is 0 Å². The molecular weight excluding hydrogens is 318 g/mol. The number of rotatable bonds is 4. The number of hydrogen-bond donors (Lipinski definition) is 0. The van der Waals surface area contributed by atoms with Crippen LogP contribution in [0.25, 0.3) is 22.3 Å². The Hall–Kier alpha value is -2.52. The van der Waals surface area contributed by atoms with E-state index < -0.39 is 0 Å². The van der Waals surface area contributed by atoms with Crippen molar-refractivity contribution in [3.63, 3.8) is 0 Å². The van der Waals surface area contributed by atoms with Gasteiger partial charge >= 0.3 is 0 Å². The molecule has 0 saturated carbocycles. The Morgan fingerprint density at radius 2 is 1.15 bits per heavy atom. The van der Waals surface area contributed by atoms with Crippen LogP contribution < -0.4 is 0 Å². The van der Waals surface area contributed by atoms with Gasteiger partial charge in [0, 0.05) is 23.5 Å². The molecule has 0 atom stereocenters. The Labute approximate surface area is 155 Å². The molecule has 1 aliphatic rings. The van der Waals surface area contributed by atoms with Crippen LogP contribution in [0, 0.1) is 0 Å². The van der Waals surface area contributed by atoms with E-state index in [1.807, 2.05) is 12.4 Å². The van der Waals surface area contributed by atoms with Gasteiger partial charge in [0.25, 0.3) is 0 Å². The molecule has 1 aliphatic heterocycles. The lowest BCUT2D eigenvalue weighted by atomic mass is 9.90. The lowest BCUT2D eigenvalue weighted by Gasteiger charge is -2.36. The summed E-state index contributed by atoms with van der Waals surface area (Å²) in [6, 6.07) is 17.7. The smallest absolute Gasteiger partial charge is 0.115 e. The molecule has 1 saturated heterocycles. The molecule has 3 nitrogen and oxygen atoms in total. The van der Waals surface area contributed by atoms with Crippen molar-refractivity contribution in [3.05, 3.63) is 72.8 Å². The summed E-state index contributed by atoms with van der Waals surface area (Å²) in [5, 5.41) is 0. The molecule has 0 N–H and O–H groups in total. The molecule has 0 radical (unpaired) electrons. The first kappa shape index (κ1) is 16.9. The SMILES string of the molecule is CC(C)(c1ccc(-c2ccc(-c3cncnc3)cc2)cc1)N1CCCC1. The Morgan fingerprint density at radius 3 is 1.69 bits per heavy atom. The molecular formula is C23H25N3. The van der Waals surface area contributed by atoms with E-state index in [4.69, 9.17) is 0 Å². The average Bonchev–Trinajstić information content (AvgIpc) is 3.25. The fourth-order valence-electron chi connectivity index (χ4n) is 3.83. The average molecular weight is 343 g/mol.